The molecule has 3 nitrogen and oxygen atoms in total. The molecule has 0 atom stereocenters. The Morgan fingerprint density at radius 2 is 2.11 bits per heavy atom. The fourth-order valence-electron chi connectivity index (χ4n) is 1.95. The summed E-state index contributed by atoms with van der Waals surface area (Å²) in [5.41, 5.74) is -0.487. The van der Waals surface area contributed by atoms with E-state index in [0.29, 0.717) is 12.4 Å². The normalized spacial score (nSPS) is 17.3. The SMILES string of the molecule is COCCC1(CNc2ccc(C(F)(F)F)cn2)CC1. The first-order valence-corrected chi connectivity index (χ1v) is 6.21. The van der Waals surface area contributed by atoms with E-state index >= 15 is 0 Å². The van der Waals surface area contributed by atoms with Gasteiger partial charge in [0.2, 0.25) is 0 Å². The number of ether oxygens (including phenoxy) is 1. The molecule has 1 aliphatic carbocycles. The Morgan fingerprint density at radius 3 is 2.58 bits per heavy atom. The van der Waals surface area contributed by atoms with E-state index in [4.69, 9.17) is 4.74 Å². The van der Waals surface area contributed by atoms with Gasteiger partial charge in [0.25, 0.3) is 0 Å². The van der Waals surface area contributed by atoms with Crippen molar-refractivity contribution < 1.29 is 17.9 Å². The molecule has 6 heteroatoms. The summed E-state index contributed by atoms with van der Waals surface area (Å²) in [6, 6.07) is 2.42. The number of hydrogen-bond donors (Lipinski definition) is 1. The number of pyridine rings is 1. The molecule has 0 amide bonds. The zero-order valence-corrected chi connectivity index (χ0v) is 10.8. The molecular weight excluding hydrogens is 257 g/mol. The summed E-state index contributed by atoms with van der Waals surface area (Å²) in [4.78, 5) is 3.79. The molecule has 1 aliphatic rings. The van der Waals surface area contributed by atoms with Crippen molar-refractivity contribution in [3.8, 4) is 0 Å². The molecule has 0 unspecified atom stereocenters. The van der Waals surface area contributed by atoms with Gasteiger partial charge in [-0.15, -0.1) is 0 Å². The van der Waals surface area contributed by atoms with Crippen LogP contribution in [0.15, 0.2) is 18.3 Å². The number of rotatable bonds is 6. The van der Waals surface area contributed by atoms with Crippen LogP contribution >= 0.6 is 0 Å². The number of nitrogens with one attached hydrogen (secondary N) is 1. The molecule has 0 radical (unpaired) electrons. The van der Waals surface area contributed by atoms with Gasteiger partial charge in [0, 0.05) is 26.5 Å². The fraction of sp³-hybridized carbons (Fsp3) is 0.615. The monoisotopic (exact) mass is 274 g/mol. The van der Waals surface area contributed by atoms with Crippen molar-refractivity contribution in [3.05, 3.63) is 23.9 Å². The van der Waals surface area contributed by atoms with Gasteiger partial charge in [0.05, 0.1) is 5.56 Å². The second-order valence-electron chi connectivity index (χ2n) is 5.03. The average molecular weight is 274 g/mol. The van der Waals surface area contributed by atoms with Gasteiger partial charge in [-0.25, -0.2) is 4.98 Å². The zero-order chi connectivity index (χ0) is 13.9. The average Bonchev–Trinajstić information content (AvgIpc) is 3.14. The fourth-order valence-corrected chi connectivity index (χ4v) is 1.95. The maximum atomic E-state index is 12.4. The Bertz CT molecular complexity index is 413. The van der Waals surface area contributed by atoms with Crippen molar-refractivity contribution in [1.82, 2.24) is 4.98 Å². The van der Waals surface area contributed by atoms with Gasteiger partial charge < -0.3 is 10.1 Å². The lowest BCUT2D eigenvalue weighted by molar-refractivity contribution is -0.137. The minimum Gasteiger partial charge on any atom is -0.385 e. The third-order valence-corrected chi connectivity index (χ3v) is 3.53. The highest BCUT2D eigenvalue weighted by molar-refractivity contribution is 5.36. The summed E-state index contributed by atoms with van der Waals surface area (Å²) in [7, 11) is 1.67. The number of aromatic nitrogens is 1. The Morgan fingerprint density at radius 1 is 1.37 bits per heavy atom. The first-order chi connectivity index (χ1) is 8.95. The Kier molecular flexibility index (Phi) is 3.99. The summed E-state index contributed by atoms with van der Waals surface area (Å²) in [5.74, 6) is 0.483. The second kappa shape index (κ2) is 5.36. The van der Waals surface area contributed by atoms with Gasteiger partial charge in [-0.2, -0.15) is 13.2 Å². The Hall–Kier alpha value is -1.30. The number of methoxy groups -OCH3 is 1. The summed E-state index contributed by atoms with van der Waals surface area (Å²) in [5, 5.41) is 3.10. The molecule has 1 fully saturated rings. The molecule has 1 saturated carbocycles. The van der Waals surface area contributed by atoms with Crippen molar-refractivity contribution in [2.75, 3.05) is 25.6 Å². The molecule has 2 rings (SSSR count). The minimum atomic E-state index is -4.33. The van der Waals surface area contributed by atoms with Crippen LogP contribution in [0.25, 0.3) is 0 Å². The van der Waals surface area contributed by atoms with Crippen LogP contribution in [0.4, 0.5) is 19.0 Å². The van der Waals surface area contributed by atoms with Crippen LogP contribution in [0.5, 0.6) is 0 Å². The van der Waals surface area contributed by atoms with Crippen LogP contribution in [0.1, 0.15) is 24.8 Å². The van der Waals surface area contributed by atoms with Crippen molar-refractivity contribution in [2.45, 2.75) is 25.4 Å². The molecule has 106 valence electrons. The van der Waals surface area contributed by atoms with Gasteiger partial charge in [-0.1, -0.05) is 0 Å². The van der Waals surface area contributed by atoms with E-state index in [1.807, 2.05) is 0 Å². The van der Waals surface area contributed by atoms with Crippen molar-refractivity contribution in [2.24, 2.45) is 5.41 Å². The maximum absolute atomic E-state index is 12.4. The van der Waals surface area contributed by atoms with Gasteiger partial charge in [-0.05, 0) is 36.8 Å². The smallest absolute Gasteiger partial charge is 0.385 e. The molecule has 0 bridgehead atoms. The molecular formula is C13H17F3N2O. The summed E-state index contributed by atoms with van der Waals surface area (Å²) in [6.45, 7) is 1.44. The van der Waals surface area contributed by atoms with E-state index in [-0.39, 0.29) is 5.41 Å². The number of anilines is 1. The first-order valence-electron chi connectivity index (χ1n) is 6.21. The number of hydrogen-bond acceptors (Lipinski definition) is 3. The van der Waals surface area contributed by atoms with Crippen molar-refractivity contribution in [1.29, 1.82) is 0 Å². The van der Waals surface area contributed by atoms with Crippen LogP contribution in [0.2, 0.25) is 0 Å². The highest BCUT2D eigenvalue weighted by Crippen LogP contribution is 2.48. The maximum Gasteiger partial charge on any atom is 0.417 e. The molecule has 1 heterocycles. The topological polar surface area (TPSA) is 34.1 Å². The van der Waals surface area contributed by atoms with Gasteiger partial charge in [-0.3, -0.25) is 0 Å². The van der Waals surface area contributed by atoms with Crippen LogP contribution in [-0.4, -0.2) is 25.2 Å². The summed E-state index contributed by atoms with van der Waals surface area (Å²) in [6.07, 6.45) is -0.246. The molecule has 0 spiro atoms. The lowest BCUT2D eigenvalue weighted by atomic mass is 10.0. The third-order valence-electron chi connectivity index (χ3n) is 3.53. The lowest BCUT2D eigenvalue weighted by Gasteiger charge is -2.16. The summed E-state index contributed by atoms with van der Waals surface area (Å²) < 4.78 is 42.2. The lowest BCUT2D eigenvalue weighted by Crippen LogP contribution is -2.18. The van der Waals surface area contributed by atoms with Gasteiger partial charge in [0.15, 0.2) is 0 Å². The molecule has 0 aromatic carbocycles. The predicted molar refractivity (Wildman–Crippen MR) is 65.9 cm³/mol. The van der Waals surface area contributed by atoms with E-state index in [0.717, 1.165) is 38.1 Å². The molecule has 0 saturated heterocycles. The highest BCUT2D eigenvalue weighted by atomic mass is 19.4. The van der Waals surface area contributed by atoms with Crippen LogP contribution < -0.4 is 5.32 Å². The number of halogens is 3. The first kappa shape index (κ1) is 14.1. The number of nitrogens with zero attached hydrogens (tertiary/aromatic N) is 1. The minimum absolute atomic E-state index is 0.236. The third kappa shape index (κ3) is 3.83. The number of alkyl halides is 3. The van der Waals surface area contributed by atoms with Gasteiger partial charge >= 0.3 is 6.18 Å². The van der Waals surface area contributed by atoms with E-state index in [9.17, 15) is 13.2 Å². The molecule has 19 heavy (non-hydrogen) atoms. The molecule has 1 aromatic rings. The highest BCUT2D eigenvalue weighted by Gasteiger charge is 2.41. The van der Waals surface area contributed by atoms with E-state index in [1.165, 1.54) is 6.07 Å². The largest absolute Gasteiger partial charge is 0.417 e. The molecule has 1 N–H and O–H groups in total. The standard InChI is InChI=1S/C13H17F3N2O/c1-19-7-6-12(4-5-12)9-18-11-3-2-10(8-17-11)13(14,15)16/h2-3,8H,4-7,9H2,1H3,(H,17,18). The molecule has 1 aromatic heterocycles. The van der Waals surface area contributed by atoms with Crippen molar-refractivity contribution >= 4 is 5.82 Å². The van der Waals surface area contributed by atoms with Gasteiger partial charge in [0.1, 0.15) is 5.82 Å². The molecule has 0 aliphatic heterocycles. The zero-order valence-electron chi connectivity index (χ0n) is 10.8. The summed E-state index contributed by atoms with van der Waals surface area (Å²) >= 11 is 0. The van der Waals surface area contributed by atoms with E-state index in [2.05, 4.69) is 10.3 Å². The van der Waals surface area contributed by atoms with E-state index in [1.54, 1.807) is 7.11 Å². The quantitative estimate of drug-likeness (QED) is 0.864. The van der Waals surface area contributed by atoms with Crippen LogP contribution in [0.3, 0.4) is 0 Å². The predicted octanol–water partition coefficient (Wildman–Crippen LogP) is 3.33. The second-order valence-corrected chi connectivity index (χ2v) is 5.03. The van der Waals surface area contributed by atoms with E-state index < -0.39 is 11.7 Å². The van der Waals surface area contributed by atoms with Crippen molar-refractivity contribution in [3.63, 3.8) is 0 Å². The van der Waals surface area contributed by atoms with Crippen LogP contribution in [0, 0.1) is 5.41 Å². The Labute approximate surface area is 110 Å². The Balaban J connectivity index is 1.87. The van der Waals surface area contributed by atoms with Crippen LogP contribution in [-0.2, 0) is 10.9 Å².